The molecule has 0 saturated heterocycles. The Morgan fingerprint density at radius 2 is 1.76 bits per heavy atom. The van der Waals surface area contributed by atoms with Crippen LogP contribution in [0.3, 0.4) is 0 Å². The first-order valence-corrected chi connectivity index (χ1v) is 10.5. The minimum atomic E-state index is -0.537. The summed E-state index contributed by atoms with van der Waals surface area (Å²) < 4.78 is 16.8. The number of H-pyrrole nitrogens is 2. The molecular formula is C23H25N5O5. The van der Waals surface area contributed by atoms with Crippen molar-refractivity contribution < 1.29 is 19.0 Å². The molecule has 0 bridgehead atoms. The number of rotatable bonds is 8. The Balaban J connectivity index is 1.96. The number of hydrogen-bond donors (Lipinski definition) is 3. The molecule has 3 N–H and O–H groups in total. The van der Waals surface area contributed by atoms with Crippen molar-refractivity contribution >= 4 is 0 Å². The van der Waals surface area contributed by atoms with Gasteiger partial charge in [-0.25, -0.2) is 0 Å². The number of nitrogens with zero attached hydrogens (tertiary/aromatic N) is 3. The maximum Gasteiger partial charge on any atom is 0.268 e. The second-order valence-electron chi connectivity index (χ2n) is 7.52. The van der Waals surface area contributed by atoms with Crippen LogP contribution in [0, 0.1) is 6.92 Å². The van der Waals surface area contributed by atoms with E-state index in [0.29, 0.717) is 40.4 Å². The topological polar surface area (TPSA) is 139 Å². The number of pyridine rings is 1. The molecule has 0 unspecified atom stereocenters. The van der Waals surface area contributed by atoms with Crippen LogP contribution in [0.4, 0.5) is 0 Å². The van der Waals surface area contributed by atoms with Crippen LogP contribution < -0.4 is 15.0 Å². The molecule has 0 amide bonds. The number of nitrogens with one attached hydrogen (secondary N) is 2. The number of hydrogen-bond acceptors (Lipinski definition) is 8. The van der Waals surface area contributed by atoms with E-state index >= 15 is 0 Å². The van der Waals surface area contributed by atoms with Gasteiger partial charge in [0.05, 0.1) is 25.3 Å². The molecule has 0 atom stereocenters. The highest BCUT2D eigenvalue weighted by molar-refractivity contribution is 5.87. The zero-order chi connectivity index (χ0) is 23.5. The van der Waals surface area contributed by atoms with Crippen molar-refractivity contribution in [1.82, 2.24) is 25.4 Å². The smallest absolute Gasteiger partial charge is 0.268 e. The lowest BCUT2D eigenvalue weighted by Gasteiger charge is -2.18. The van der Waals surface area contributed by atoms with E-state index in [2.05, 4.69) is 25.4 Å². The molecule has 1 aromatic carbocycles. The molecule has 33 heavy (non-hydrogen) atoms. The fourth-order valence-corrected chi connectivity index (χ4v) is 3.70. The molecular weight excluding hydrogens is 426 g/mol. The number of aromatic nitrogens is 5. The lowest BCUT2D eigenvalue weighted by molar-refractivity contribution is 0.396. The van der Waals surface area contributed by atoms with Gasteiger partial charge in [-0.05, 0) is 38.0 Å². The van der Waals surface area contributed by atoms with E-state index < -0.39 is 5.56 Å². The summed E-state index contributed by atoms with van der Waals surface area (Å²) in [4.78, 5) is 15.9. The molecule has 0 saturated carbocycles. The highest BCUT2D eigenvalue weighted by Gasteiger charge is 2.27. The number of aromatic amines is 2. The second kappa shape index (κ2) is 9.19. The van der Waals surface area contributed by atoms with Crippen molar-refractivity contribution in [3.8, 4) is 51.4 Å². The number of benzene rings is 1. The van der Waals surface area contributed by atoms with Crippen LogP contribution in [0.25, 0.3) is 34.2 Å². The number of ether oxygens (including phenoxy) is 2. The predicted octanol–water partition coefficient (Wildman–Crippen LogP) is 3.86. The third kappa shape index (κ3) is 4.07. The van der Waals surface area contributed by atoms with Crippen LogP contribution >= 0.6 is 0 Å². The maximum absolute atomic E-state index is 13.0. The monoisotopic (exact) mass is 451 g/mol. The Labute approximate surface area is 189 Å². The third-order valence-corrected chi connectivity index (χ3v) is 5.29. The molecule has 0 aliphatic heterocycles. The minimum absolute atomic E-state index is 0.124. The summed E-state index contributed by atoms with van der Waals surface area (Å²) in [5.74, 6) is 0.680. The summed E-state index contributed by atoms with van der Waals surface area (Å²) in [6.45, 7) is 3.89. The van der Waals surface area contributed by atoms with E-state index in [1.54, 1.807) is 24.3 Å². The first kappa shape index (κ1) is 22.1. The van der Waals surface area contributed by atoms with E-state index in [9.17, 15) is 9.90 Å². The van der Waals surface area contributed by atoms with Gasteiger partial charge in [-0.15, -0.1) is 10.2 Å². The van der Waals surface area contributed by atoms with Crippen molar-refractivity contribution in [1.29, 1.82) is 0 Å². The van der Waals surface area contributed by atoms with Crippen molar-refractivity contribution in [2.24, 2.45) is 0 Å². The van der Waals surface area contributed by atoms with Crippen molar-refractivity contribution in [2.75, 3.05) is 14.2 Å². The Kier molecular flexibility index (Phi) is 6.16. The first-order valence-electron chi connectivity index (χ1n) is 10.5. The summed E-state index contributed by atoms with van der Waals surface area (Å²) >= 11 is 0. The quantitative estimate of drug-likeness (QED) is 0.367. The molecule has 4 aromatic rings. The number of aromatic hydroxyl groups is 1. The Morgan fingerprint density at radius 1 is 1.06 bits per heavy atom. The average Bonchev–Trinajstić information content (AvgIpc) is 3.46. The van der Waals surface area contributed by atoms with Gasteiger partial charge in [-0.3, -0.25) is 9.89 Å². The predicted molar refractivity (Wildman–Crippen MR) is 121 cm³/mol. The number of methoxy groups -OCH3 is 2. The van der Waals surface area contributed by atoms with Crippen LogP contribution in [0.15, 0.2) is 33.5 Å². The van der Waals surface area contributed by atoms with Gasteiger partial charge in [0, 0.05) is 11.4 Å². The molecule has 0 spiro atoms. The molecule has 3 aromatic heterocycles. The molecule has 10 heteroatoms. The summed E-state index contributed by atoms with van der Waals surface area (Å²) in [5.41, 5.74) is 2.06. The van der Waals surface area contributed by atoms with Gasteiger partial charge in [0.15, 0.2) is 0 Å². The van der Waals surface area contributed by atoms with Crippen LogP contribution in [-0.4, -0.2) is 44.7 Å². The van der Waals surface area contributed by atoms with Crippen molar-refractivity contribution in [3.05, 3.63) is 46.0 Å². The Morgan fingerprint density at radius 3 is 2.36 bits per heavy atom. The van der Waals surface area contributed by atoms with Gasteiger partial charge >= 0.3 is 0 Å². The maximum atomic E-state index is 13.0. The van der Waals surface area contributed by atoms with Gasteiger partial charge < -0.3 is 24.0 Å². The zero-order valence-electron chi connectivity index (χ0n) is 18.9. The molecule has 3 heterocycles. The van der Waals surface area contributed by atoms with Gasteiger partial charge in [0.1, 0.15) is 28.5 Å². The highest BCUT2D eigenvalue weighted by Crippen LogP contribution is 2.46. The lowest BCUT2D eigenvalue weighted by Crippen LogP contribution is -2.14. The summed E-state index contributed by atoms with van der Waals surface area (Å²) in [5, 5.41) is 26.3. The van der Waals surface area contributed by atoms with Gasteiger partial charge in [-0.2, -0.15) is 5.10 Å². The molecule has 0 aliphatic carbocycles. The van der Waals surface area contributed by atoms with Crippen LogP contribution in [0.2, 0.25) is 0 Å². The van der Waals surface area contributed by atoms with Gasteiger partial charge in [0.25, 0.3) is 17.3 Å². The van der Waals surface area contributed by atoms with Crippen LogP contribution in [-0.2, 0) is 6.42 Å². The van der Waals surface area contributed by atoms with Crippen molar-refractivity contribution in [3.63, 3.8) is 0 Å². The SMILES string of the molecule is CCCCc1[nH]c(=O)c(-c2nnc(-c3cc(C)[nH]n3)o2)c(O)c1-c1c(OC)cccc1OC. The molecule has 4 rings (SSSR count). The molecule has 0 aliphatic rings. The van der Waals surface area contributed by atoms with Crippen LogP contribution in [0.1, 0.15) is 31.2 Å². The Bertz CT molecular complexity index is 1320. The van der Waals surface area contributed by atoms with E-state index in [1.165, 1.54) is 14.2 Å². The molecule has 10 nitrogen and oxygen atoms in total. The average molecular weight is 451 g/mol. The van der Waals surface area contributed by atoms with Crippen LogP contribution in [0.5, 0.6) is 17.2 Å². The Hall–Kier alpha value is -4.08. The summed E-state index contributed by atoms with van der Waals surface area (Å²) in [7, 11) is 3.06. The standard InChI is InChI=1S/C23H25N5O5/c1-5-6-8-13-17(18-15(31-3)9-7-10-16(18)32-4)20(29)19(21(30)24-13)23-28-27-22(33-23)14-11-12(2)25-26-14/h7,9-11H,5-6,8H2,1-4H3,(H,25,26)(H2,24,29,30). The van der Waals surface area contributed by atoms with E-state index in [0.717, 1.165) is 18.5 Å². The fraction of sp³-hybridized carbons (Fsp3) is 0.304. The lowest BCUT2D eigenvalue weighted by atomic mass is 9.96. The third-order valence-electron chi connectivity index (χ3n) is 5.29. The second-order valence-corrected chi connectivity index (χ2v) is 7.52. The molecule has 0 fully saturated rings. The minimum Gasteiger partial charge on any atom is -0.506 e. The number of aryl methyl sites for hydroxylation is 2. The normalized spacial score (nSPS) is 11.0. The van der Waals surface area contributed by atoms with Gasteiger partial charge in [-0.1, -0.05) is 19.4 Å². The molecule has 172 valence electrons. The van der Waals surface area contributed by atoms with Crippen molar-refractivity contribution in [2.45, 2.75) is 33.1 Å². The summed E-state index contributed by atoms with van der Waals surface area (Å²) in [6.07, 6.45) is 2.25. The number of unbranched alkanes of at least 4 members (excludes halogenated alkanes) is 1. The van der Waals surface area contributed by atoms with E-state index in [4.69, 9.17) is 13.9 Å². The highest BCUT2D eigenvalue weighted by atomic mass is 16.5. The zero-order valence-corrected chi connectivity index (χ0v) is 18.9. The molecule has 0 radical (unpaired) electrons. The van der Waals surface area contributed by atoms with E-state index in [-0.39, 0.29) is 23.1 Å². The first-order chi connectivity index (χ1) is 16.0. The van der Waals surface area contributed by atoms with E-state index in [1.807, 2.05) is 13.8 Å². The fourth-order valence-electron chi connectivity index (χ4n) is 3.70. The largest absolute Gasteiger partial charge is 0.506 e. The summed E-state index contributed by atoms with van der Waals surface area (Å²) in [6, 6.07) is 7.04. The van der Waals surface area contributed by atoms with Gasteiger partial charge in [0.2, 0.25) is 0 Å².